The minimum atomic E-state index is -1.21. The van der Waals surface area contributed by atoms with Gasteiger partial charge in [-0.15, -0.1) is 0 Å². The molecule has 2 N–H and O–H groups in total. The molecule has 0 aromatic rings. The molecule has 1 amide bonds. The number of hydrogen-bond acceptors (Lipinski definition) is 4. The van der Waals surface area contributed by atoms with Crippen LogP contribution in [0.2, 0.25) is 0 Å². The highest BCUT2D eigenvalue weighted by Gasteiger charge is 2.31. The molecule has 3 atom stereocenters. The van der Waals surface area contributed by atoms with E-state index in [4.69, 9.17) is 15.4 Å². The molecule has 0 saturated heterocycles. The molecule has 0 heterocycles. The van der Waals surface area contributed by atoms with Crippen LogP contribution >= 0.6 is 0 Å². The molecule has 108 valence electrons. The van der Waals surface area contributed by atoms with Crippen molar-refractivity contribution in [2.45, 2.75) is 52.3 Å². The summed E-state index contributed by atoms with van der Waals surface area (Å²) in [7, 11) is 0. The number of nitrogens with one attached hydrogen (secondary N) is 1. The summed E-state index contributed by atoms with van der Waals surface area (Å²) < 4.78 is 4.99. The predicted molar refractivity (Wildman–Crippen MR) is 68.6 cm³/mol. The van der Waals surface area contributed by atoms with Gasteiger partial charge in [0.2, 0.25) is 0 Å². The van der Waals surface area contributed by atoms with Crippen LogP contribution in [0.3, 0.4) is 0 Å². The highest BCUT2D eigenvalue weighted by molar-refractivity contribution is 5.80. The van der Waals surface area contributed by atoms with E-state index in [0.717, 1.165) is 0 Å². The maximum absolute atomic E-state index is 11.6. The van der Waals surface area contributed by atoms with Crippen LogP contribution in [0, 0.1) is 5.92 Å². The number of ether oxygens (including phenoxy) is 1. The van der Waals surface area contributed by atoms with E-state index in [9.17, 15) is 9.59 Å². The summed E-state index contributed by atoms with van der Waals surface area (Å²) in [6, 6.07) is -1.75. The highest BCUT2D eigenvalue weighted by Crippen LogP contribution is 2.14. The van der Waals surface area contributed by atoms with E-state index in [1.807, 2.05) is 0 Å². The van der Waals surface area contributed by atoms with E-state index in [1.165, 1.54) is 0 Å². The zero-order valence-electron chi connectivity index (χ0n) is 11.7. The highest BCUT2D eigenvalue weighted by atomic mass is 16.6. The summed E-state index contributed by atoms with van der Waals surface area (Å²) >= 11 is 0. The van der Waals surface area contributed by atoms with Crippen molar-refractivity contribution in [2.75, 3.05) is 0 Å². The normalized spacial score (nSPS) is 15.6. The maximum Gasteiger partial charge on any atom is 0.408 e. The van der Waals surface area contributed by atoms with Crippen molar-refractivity contribution < 1.29 is 19.4 Å². The molecule has 0 fully saturated rings. The SMILES string of the molecule is C[C@H](N=[N+]=[N-])[C@H](C)C(NC(=O)OC(C)(C)C)C(=O)O. The number of amides is 1. The lowest BCUT2D eigenvalue weighted by molar-refractivity contribution is -0.141. The van der Waals surface area contributed by atoms with Gasteiger partial charge in [0, 0.05) is 11.0 Å². The Morgan fingerprint density at radius 2 is 1.89 bits per heavy atom. The monoisotopic (exact) mass is 272 g/mol. The van der Waals surface area contributed by atoms with Gasteiger partial charge in [-0.1, -0.05) is 19.0 Å². The number of carbonyl (C=O) groups excluding carboxylic acids is 1. The number of nitrogens with zero attached hydrogens (tertiary/aromatic N) is 3. The Morgan fingerprint density at radius 3 is 2.26 bits per heavy atom. The molecule has 0 aromatic heterocycles. The fraction of sp³-hybridized carbons (Fsp3) is 0.818. The lowest BCUT2D eigenvalue weighted by Crippen LogP contribution is -2.49. The summed E-state index contributed by atoms with van der Waals surface area (Å²) in [5.74, 6) is -1.78. The van der Waals surface area contributed by atoms with Crippen LogP contribution in [0.25, 0.3) is 10.4 Å². The van der Waals surface area contributed by atoms with Crippen LogP contribution in [0.5, 0.6) is 0 Å². The molecule has 0 rings (SSSR count). The first-order valence-corrected chi connectivity index (χ1v) is 5.85. The minimum Gasteiger partial charge on any atom is -0.480 e. The summed E-state index contributed by atoms with van der Waals surface area (Å²) in [5.41, 5.74) is 7.62. The van der Waals surface area contributed by atoms with E-state index in [1.54, 1.807) is 34.6 Å². The number of hydrogen-bond donors (Lipinski definition) is 2. The average Bonchev–Trinajstić information content (AvgIpc) is 2.22. The Balaban J connectivity index is 4.80. The number of azide groups is 1. The fourth-order valence-corrected chi connectivity index (χ4v) is 1.32. The summed E-state index contributed by atoms with van der Waals surface area (Å²) in [6.07, 6.45) is -0.820. The molecular weight excluding hydrogens is 252 g/mol. The number of aliphatic carboxylic acids is 1. The van der Waals surface area contributed by atoms with Gasteiger partial charge in [-0.05, 0) is 32.2 Å². The molecule has 0 aliphatic rings. The van der Waals surface area contributed by atoms with Crippen molar-refractivity contribution in [3.63, 3.8) is 0 Å². The van der Waals surface area contributed by atoms with Gasteiger partial charge in [0.05, 0.1) is 0 Å². The summed E-state index contributed by atoms with van der Waals surface area (Å²) in [5, 5.41) is 14.8. The molecule has 0 aromatic carbocycles. The van der Waals surface area contributed by atoms with Crippen molar-refractivity contribution >= 4 is 12.1 Å². The van der Waals surface area contributed by atoms with Crippen molar-refractivity contribution in [3.05, 3.63) is 10.4 Å². The molecule has 0 aliphatic heterocycles. The van der Waals surface area contributed by atoms with Gasteiger partial charge >= 0.3 is 12.1 Å². The average molecular weight is 272 g/mol. The fourth-order valence-electron chi connectivity index (χ4n) is 1.32. The Labute approximate surface area is 111 Å². The second kappa shape index (κ2) is 6.84. The first-order valence-electron chi connectivity index (χ1n) is 5.85. The third-order valence-corrected chi connectivity index (χ3v) is 2.46. The van der Waals surface area contributed by atoms with Gasteiger partial charge in [0.15, 0.2) is 0 Å². The third kappa shape index (κ3) is 6.52. The van der Waals surface area contributed by atoms with E-state index in [-0.39, 0.29) is 0 Å². The lowest BCUT2D eigenvalue weighted by Gasteiger charge is -2.26. The zero-order valence-corrected chi connectivity index (χ0v) is 11.7. The molecule has 0 radical (unpaired) electrons. The molecule has 1 unspecified atom stereocenters. The number of carboxylic acids is 1. The van der Waals surface area contributed by atoms with Crippen LogP contribution in [-0.4, -0.2) is 34.9 Å². The molecule has 8 nitrogen and oxygen atoms in total. The van der Waals surface area contributed by atoms with E-state index < -0.39 is 35.7 Å². The Hall–Kier alpha value is -1.95. The first-order chi connectivity index (χ1) is 8.58. The first kappa shape index (κ1) is 17.1. The Kier molecular flexibility index (Phi) is 6.14. The number of carbonyl (C=O) groups is 2. The number of carboxylic acid groups (broad SMARTS) is 1. The molecule has 8 heteroatoms. The summed E-state index contributed by atoms with van der Waals surface area (Å²) in [4.78, 5) is 25.3. The van der Waals surface area contributed by atoms with Crippen LogP contribution in [0.4, 0.5) is 4.79 Å². The molecule has 0 spiro atoms. The van der Waals surface area contributed by atoms with Gasteiger partial charge in [-0.25, -0.2) is 9.59 Å². The zero-order chi connectivity index (χ0) is 15.2. The maximum atomic E-state index is 11.6. The van der Waals surface area contributed by atoms with Crippen molar-refractivity contribution in [1.82, 2.24) is 5.32 Å². The van der Waals surface area contributed by atoms with Gasteiger partial charge in [-0.2, -0.15) is 0 Å². The molecule has 0 bridgehead atoms. The predicted octanol–water partition coefficient (Wildman–Crippen LogP) is 2.30. The van der Waals surface area contributed by atoms with Crippen LogP contribution in [0.1, 0.15) is 34.6 Å². The van der Waals surface area contributed by atoms with Gasteiger partial charge in [0.1, 0.15) is 11.6 Å². The molecule has 0 saturated carbocycles. The quantitative estimate of drug-likeness (QED) is 0.452. The number of rotatable bonds is 5. The third-order valence-electron chi connectivity index (χ3n) is 2.46. The smallest absolute Gasteiger partial charge is 0.408 e. The van der Waals surface area contributed by atoms with Gasteiger partial charge in [-0.3, -0.25) is 0 Å². The Bertz CT molecular complexity index is 385. The van der Waals surface area contributed by atoms with Crippen LogP contribution < -0.4 is 5.32 Å². The van der Waals surface area contributed by atoms with Gasteiger partial charge < -0.3 is 15.2 Å². The topological polar surface area (TPSA) is 124 Å². The summed E-state index contributed by atoms with van der Waals surface area (Å²) in [6.45, 7) is 8.18. The molecule has 19 heavy (non-hydrogen) atoms. The van der Waals surface area contributed by atoms with E-state index in [2.05, 4.69) is 15.3 Å². The van der Waals surface area contributed by atoms with Crippen LogP contribution in [-0.2, 0) is 9.53 Å². The minimum absolute atomic E-state index is 0.568. The lowest BCUT2D eigenvalue weighted by atomic mass is 9.95. The van der Waals surface area contributed by atoms with Crippen molar-refractivity contribution in [2.24, 2.45) is 11.0 Å². The standard InChI is InChI=1S/C11H20N4O4/c1-6(7(2)14-15-12)8(9(16)17)13-10(18)19-11(3,4)5/h6-8H,1-5H3,(H,13,18)(H,16,17)/t6-,7-,8?/m0/s1. The van der Waals surface area contributed by atoms with Crippen molar-refractivity contribution in [1.29, 1.82) is 0 Å². The number of alkyl carbamates (subject to hydrolysis) is 1. The van der Waals surface area contributed by atoms with Crippen molar-refractivity contribution in [3.8, 4) is 0 Å². The molecule has 0 aliphatic carbocycles. The van der Waals surface area contributed by atoms with E-state index in [0.29, 0.717) is 0 Å². The largest absolute Gasteiger partial charge is 0.480 e. The van der Waals surface area contributed by atoms with Crippen LogP contribution in [0.15, 0.2) is 5.11 Å². The van der Waals surface area contributed by atoms with Gasteiger partial charge in [0.25, 0.3) is 0 Å². The second-order valence-corrected chi connectivity index (χ2v) is 5.27. The molecular formula is C11H20N4O4. The Morgan fingerprint density at radius 1 is 1.37 bits per heavy atom. The second-order valence-electron chi connectivity index (χ2n) is 5.27. The van der Waals surface area contributed by atoms with E-state index >= 15 is 0 Å².